The van der Waals surface area contributed by atoms with Gasteiger partial charge in [-0.15, -0.1) is 0 Å². The number of hydrogen-bond acceptors (Lipinski definition) is 4. The van der Waals surface area contributed by atoms with Gasteiger partial charge in [0.2, 0.25) is 0 Å². The molecule has 3 rings (SSSR count). The molecule has 0 aliphatic heterocycles. The van der Waals surface area contributed by atoms with Crippen molar-refractivity contribution >= 4 is 17.6 Å². The highest BCUT2D eigenvalue weighted by Gasteiger charge is 2.17. The minimum atomic E-state index is -0.342. The van der Waals surface area contributed by atoms with Gasteiger partial charge in [-0.25, -0.2) is 4.79 Å². The Bertz CT molecular complexity index is 1130. The molecule has 2 aromatic carbocycles. The Hall–Kier alpha value is -3.87. The minimum Gasteiger partial charge on any atom is -0.462 e. The molecule has 7 heteroatoms. The lowest BCUT2D eigenvalue weighted by molar-refractivity contribution is 0.0458. The van der Waals surface area contributed by atoms with Crippen molar-refractivity contribution in [2.75, 3.05) is 6.61 Å². The predicted molar refractivity (Wildman–Crippen MR) is 126 cm³/mol. The van der Waals surface area contributed by atoms with Crippen molar-refractivity contribution in [2.45, 2.75) is 26.8 Å². The van der Waals surface area contributed by atoms with Crippen LogP contribution in [0.3, 0.4) is 0 Å². The molecule has 0 amide bonds. The van der Waals surface area contributed by atoms with E-state index in [1.165, 1.54) is 0 Å². The number of nitrogens with zero attached hydrogens (tertiary/aromatic N) is 1. The SMILES string of the molecule is CC(C)COC(=O)c1cn(Cc2cccc(C(=N)N)c2)cc1Cc1ccc(C(=N)N)cc1. The van der Waals surface area contributed by atoms with Crippen LogP contribution in [0, 0.1) is 16.7 Å². The Balaban J connectivity index is 1.88. The topological polar surface area (TPSA) is 131 Å². The molecule has 0 aliphatic rings. The first kappa shape index (κ1) is 22.8. The molecule has 166 valence electrons. The molecule has 7 nitrogen and oxygen atoms in total. The van der Waals surface area contributed by atoms with Crippen molar-refractivity contribution in [2.24, 2.45) is 17.4 Å². The molecule has 0 radical (unpaired) electrons. The van der Waals surface area contributed by atoms with Crippen LogP contribution in [0.15, 0.2) is 60.9 Å². The van der Waals surface area contributed by atoms with Gasteiger partial charge in [-0.2, -0.15) is 0 Å². The molecule has 0 saturated carbocycles. The normalized spacial score (nSPS) is 10.8. The van der Waals surface area contributed by atoms with Crippen molar-refractivity contribution in [3.05, 3.63) is 94.3 Å². The first-order valence-electron chi connectivity index (χ1n) is 10.5. The lowest BCUT2D eigenvalue weighted by atomic mass is 10.0. The number of amidine groups is 2. The van der Waals surface area contributed by atoms with Gasteiger partial charge in [-0.1, -0.05) is 56.3 Å². The maximum Gasteiger partial charge on any atom is 0.339 e. The van der Waals surface area contributed by atoms with E-state index in [1.54, 1.807) is 18.2 Å². The van der Waals surface area contributed by atoms with Gasteiger partial charge in [0.15, 0.2) is 0 Å². The maximum absolute atomic E-state index is 12.8. The van der Waals surface area contributed by atoms with E-state index < -0.39 is 0 Å². The number of nitrogens with two attached hydrogens (primary N) is 2. The maximum atomic E-state index is 12.8. The van der Waals surface area contributed by atoms with E-state index in [2.05, 4.69) is 0 Å². The van der Waals surface area contributed by atoms with Crippen molar-refractivity contribution in [1.29, 1.82) is 10.8 Å². The van der Waals surface area contributed by atoms with Crippen LogP contribution in [-0.4, -0.2) is 28.8 Å². The zero-order valence-electron chi connectivity index (χ0n) is 18.4. The minimum absolute atomic E-state index is 0.0204. The van der Waals surface area contributed by atoms with E-state index in [9.17, 15) is 4.79 Å². The fraction of sp³-hybridized carbons (Fsp3) is 0.240. The van der Waals surface area contributed by atoms with Gasteiger partial charge in [0.25, 0.3) is 0 Å². The van der Waals surface area contributed by atoms with Crippen LogP contribution < -0.4 is 11.5 Å². The number of benzene rings is 2. The highest BCUT2D eigenvalue weighted by Crippen LogP contribution is 2.20. The summed E-state index contributed by atoms with van der Waals surface area (Å²) in [7, 11) is 0. The van der Waals surface area contributed by atoms with E-state index in [1.807, 2.05) is 61.1 Å². The highest BCUT2D eigenvalue weighted by molar-refractivity contribution is 5.95. The molecule has 0 bridgehead atoms. The molecule has 1 heterocycles. The molecule has 0 saturated heterocycles. The van der Waals surface area contributed by atoms with Crippen LogP contribution in [0.1, 0.15) is 52.0 Å². The molecule has 6 N–H and O–H groups in total. The number of hydrogen-bond donors (Lipinski definition) is 4. The third-order valence-corrected chi connectivity index (χ3v) is 4.99. The number of aromatic nitrogens is 1. The summed E-state index contributed by atoms with van der Waals surface area (Å²) in [5, 5.41) is 15.2. The average Bonchev–Trinajstić information content (AvgIpc) is 3.14. The van der Waals surface area contributed by atoms with Gasteiger partial charge in [0.05, 0.1) is 12.2 Å². The Morgan fingerprint density at radius 2 is 1.66 bits per heavy atom. The lowest BCUT2D eigenvalue weighted by Crippen LogP contribution is -2.12. The van der Waals surface area contributed by atoms with Crippen LogP contribution in [0.25, 0.3) is 0 Å². The standard InChI is InChI=1S/C25H29N5O2/c1-16(2)15-32-25(31)22-14-30(12-18-4-3-5-20(11-18)24(28)29)13-21(22)10-17-6-8-19(9-7-17)23(26)27/h3-9,11,13-14,16H,10,12,15H2,1-2H3,(H3,26,27)(H3,28,29). The number of esters is 1. The Kier molecular flexibility index (Phi) is 7.10. The van der Waals surface area contributed by atoms with Crippen molar-refractivity contribution in [1.82, 2.24) is 4.57 Å². The number of nitrogen functional groups attached to an aromatic ring is 2. The Labute approximate surface area is 188 Å². The lowest BCUT2D eigenvalue weighted by Gasteiger charge is -2.08. The largest absolute Gasteiger partial charge is 0.462 e. The third-order valence-electron chi connectivity index (χ3n) is 4.99. The smallest absolute Gasteiger partial charge is 0.339 e. The number of carbonyl (C=O) groups excluding carboxylic acids is 1. The van der Waals surface area contributed by atoms with Gasteiger partial charge in [-0.05, 0) is 35.1 Å². The fourth-order valence-corrected chi connectivity index (χ4v) is 3.36. The van der Waals surface area contributed by atoms with Crippen LogP contribution >= 0.6 is 0 Å². The average molecular weight is 432 g/mol. The summed E-state index contributed by atoms with van der Waals surface area (Å²) in [6.45, 7) is 4.89. The summed E-state index contributed by atoms with van der Waals surface area (Å²) in [6.07, 6.45) is 4.30. The number of rotatable bonds is 9. The van der Waals surface area contributed by atoms with Crippen LogP contribution in [0.2, 0.25) is 0 Å². The van der Waals surface area contributed by atoms with E-state index in [0.29, 0.717) is 36.3 Å². The molecular weight excluding hydrogens is 402 g/mol. The second-order valence-electron chi connectivity index (χ2n) is 8.26. The van der Waals surface area contributed by atoms with Crippen LogP contribution in [0.5, 0.6) is 0 Å². The van der Waals surface area contributed by atoms with Gasteiger partial charge < -0.3 is 20.8 Å². The Morgan fingerprint density at radius 3 is 2.28 bits per heavy atom. The quantitative estimate of drug-likeness (QED) is 0.234. The number of nitrogens with one attached hydrogen (secondary N) is 2. The van der Waals surface area contributed by atoms with E-state index in [-0.39, 0.29) is 23.6 Å². The van der Waals surface area contributed by atoms with Crippen LogP contribution in [-0.2, 0) is 17.7 Å². The second kappa shape index (κ2) is 9.96. The summed E-state index contributed by atoms with van der Waals surface area (Å²) >= 11 is 0. The predicted octanol–water partition coefficient (Wildman–Crippen LogP) is 3.51. The molecule has 0 spiro atoms. The molecule has 3 aromatic rings. The summed E-state index contributed by atoms with van der Waals surface area (Å²) in [6, 6.07) is 14.9. The molecule has 0 unspecified atom stereocenters. The van der Waals surface area contributed by atoms with Gasteiger partial charge in [0, 0.05) is 30.1 Å². The van der Waals surface area contributed by atoms with Crippen molar-refractivity contribution in [3.8, 4) is 0 Å². The zero-order chi connectivity index (χ0) is 23.3. The monoisotopic (exact) mass is 431 g/mol. The molecule has 1 aromatic heterocycles. The first-order chi connectivity index (χ1) is 15.2. The summed E-state index contributed by atoms with van der Waals surface area (Å²) in [4.78, 5) is 12.8. The summed E-state index contributed by atoms with van der Waals surface area (Å²) < 4.78 is 7.44. The number of carbonyl (C=O) groups is 1. The molecule has 0 atom stereocenters. The van der Waals surface area contributed by atoms with Gasteiger partial charge >= 0.3 is 5.97 Å². The second-order valence-corrected chi connectivity index (χ2v) is 8.26. The fourth-order valence-electron chi connectivity index (χ4n) is 3.36. The molecule has 0 fully saturated rings. The van der Waals surface area contributed by atoms with Gasteiger partial charge in [0.1, 0.15) is 11.7 Å². The highest BCUT2D eigenvalue weighted by atomic mass is 16.5. The van der Waals surface area contributed by atoms with Gasteiger partial charge in [-0.3, -0.25) is 10.8 Å². The van der Waals surface area contributed by atoms with Crippen molar-refractivity contribution < 1.29 is 9.53 Å². The molecule has 0 aliphatic carbocycles. The molecular formula is C25H29N5O2. The van der Waals surface area contributed by atoms with E-state index in [0.717, 1.165) is 16.7 Å². The van der Waals surface area contributed by atoms with E-state index in [4.69, 9.17) is 27.0 Å². The van der Waals surface area contributed by atoms with Crippen LogP contribution in [0.4, 0.5) is 0 Å². The first-order valence-corrected chi connectivity index (χ1v) is 10.5. The third kappa shape index (κ3) is 5.85. The summed E-state index contributed by atoms with van der Waals surface area (Å²) in [5.41, 5.74) is 15.8. The number of ether oxygens (including phenoxy) is 1. The summed E-state index contributed by atoms with van der Waals surface area (Å²) in [5.74, 6) is -0.0522. The van der Waals surface area contributed by atoms with E-state index >= 15 is 0 Å². The zero-order valence-corrected chi connectivity index (χ0v) is 18.4. The molecule has 32 heavy (non-hydrogen) atoms. The van der Waals surface area contributed by atoms with Crippen molar-refractivity contribution in [3.63, 3.8) is 0 Å². The Morgan fingerprint density at radius 1 is 0.969 bits per heavy atom.